The summed E-state index contributed by atoms with van der Waals surface area (Å²) in [6.07, 6.45) is 4.33. The van der Waals surface area contributed by atoms with Crippen molar-refractivity contribution in [1.29, 1.82) is 0 Å². The highest BCUT2D eigenvalue weighted by molar-refractivity contribution is 7.80. The Kier molecular flexibility index (Phi) is 5.30. The summed E-state index contributed by atoms with van der Waals surface area (Å²) in [5.41, 5.74) is 6.57. The molecule has 0 atom stereocenters. The van der Waals surface area contributed by atoms with Crippen LogP contribution >= 0.6 is 23.6 Å². The molecule has 2 aromatic rings. The Morgan fingerprint density at radius 3 is 2.74 bits per heavy atom. The molecule has 0 radical (unpaired) electrons. The van der Waals surface area contributed by atoms with Gasteiger partial charge < -0.3 is 15.5 Å². The van der Waals surface area contributed by atoms with Crippen LogP contribution in [-0.2, 0) is 4.79 Å². The fourth-order valence-corrected chi connectivity index (χ4v) is 3.18. The highest BCUT2D eigenvalue weighted by atomic mass is 32.1. The lowest BCUT2D eigenvalue weighted by atomic mass is 10.1. The SMILES string of the molecule is Cc1sc(NC(=S)NC(=O)C=Cc2ccco2)c(C(N)=O)c1C. The molecule has 4 N–H and O–H groups in total. The number of carbonyl (C=O) groups excluding carboxylic acids is 2. The molecule has 0 unspecified atom stereocenters. The Bertz CT molecular complexity index is 776. The number of amides is 2. The standard InChI is InChI=1S/C15H15N3O3S2/c1-8-9(2)23-14(12(8)13(16)20)18-15(22)17-11(19)6-5-10-4-3-7-21-10/h3-7H,1-2H3,(H2,16,20)(H2,17,18,19,22). The first kappa shape index (κ1) is 16.9. The van der Waals surface area contributed by atoms with Crippen LogP contribution in [0.25, 0.3) is 6.08 Å². The van der Waals surface area contributed by atoms with Crippen LogP contribution < -0.4 is 16.4 Å². The first-order valence-corrected chi connectivity index (χ1v) is 7.84. The van der Waals surface area contributed by atoms with E-state index in [-0.39, 0.29) is 5.11 Å². The van der Waals surface area contributed by atoms with E-state index in [0.717, 1.165) is 10.4 Å². The molecule has 120 valence electrons. The molecule has 0 saturated carbocycles. The number of nitrogens with one attached hydrogen (secondary N) is 2. The first-order chi connectivity index (χ1) is 10.9. The second-order valence-corrected chi connectivity index (χ2v) is 6.28. The smallest absolute Gasteiger partial charge is 0.251 e. The number of thiocarbonyl (C=S) groups is 1. The predicted molar refractivity (Wildman–Crippen MR) is 94.4 cm³/mol. The van der Waals surface area contributed by atoms with Crippen molar-refractivity contribution in [1.82, 2.24) is 5.32 Å². The Morgan fingerprint density at radius 2 is 2.13 bits per heavy atom. The molecule has 0 spiro atoms. The summed E-state index contributed by atoms with van der Waals surface area (Å²) in [7, 11) is 0. The molecule has 2 rings (SSSR count). The number of aryl methyl sites for hydroxylation is 1. The van der Waals surface area contributed by atoms with E-state index < -0.39 is 11.8 Å². The van der Waals surface area contributed by atoms with E-state index >= 15 is 0 Å². The third-order valence-corrected chi connectivity index (χ3v) is 4.36. The van der Waals surface area contributed by atoms with Crippen molar-refractivity contribution in [3.63, 3.8) is 0 Å². The lowest BCUT2D eigenvalue weighted by Crippen LogP contribution is -2.33. The highest BCUT2D eigenvalue weighted by Gasteiger charge is 2.18. The molecule has 0 aliphatic heterocycles. The highest BCUT2D eigenvalue weighted by Crippen LogP contribution is 2.31. The minimum Gasteiger partial charge on any atom is -0.465 e. The monoisotopic (exact) mass is 349 g/mol. The van der Waals surface area contributed by atoms with Gasteiger partial charge >= 0.3 is 0 Å². The number of hydrogen-bond acceptors (Lipinski definition) is 5. The lowest BCUT2D eigenvalue weighted by molar-refractivity contribution is -0.115. The number of rotatable bonds is 4. The molecule has 8 heteroatoms. The van der Waals surface area contributed by atoms with Crippen LogP contribution in [0.4, 0.5) is 5.00 Å². The number of primary amides is 1. The molecular formula is C15H15N3O3S2. The van der Waals surface area contributed by atoms with Crippen LogP contribution in [0.1, 0.15) is 26.6 Å². The fourth-order valence-electron chi connectivity index (χ4n) is 1.84. The maximum absolute atomic E-state index is 11.8. The zero-order chi connectivity index (χ0) is 17.0. The molecule has 0 fully saturated rings. The Hall–Kier alpha value is -2.45. The van der Waals surface area contributed by atoms with Gasteiger partial charge in [-0.3, -0.25) is 14.9 Å². The normalized spacial score (nSPS) is 10.7. The molecule has 0 aromatic carbocycles. The van der Waals surface area contributed by atoms with Gasteiger partial charge in [0.15, 0.2) is 5.11 Å². The summed E-state index contributed by atoms with van der Waals surface area (Å²) in [5.74, 6) is -0.398. The van der Waals surface area contributed by atoms with Gasteiger partial charge in [-0.05, 0) is 49.8 Å². The van der Waals surface area contributed by atoms with Gasteiger partial charge in [0.25, 0.3) is 5.91 Å². The summed E-state index contributed by atoms with van der Waals surface area (Å²) in [6.45, 7) is 3.69. The number of thiophene rings is 1. The van der Waals surface area contributed by atoms with E-state index in [1.807, 2.05) is 13.8 Å². The summed E-state index contributed by atoms with van der Waals surface area (Å²) < 4.78 is 5.08. The summed E-state index contributed by atoms with van der Waals surface area (Å²) in [6, 6.07) is 3.44. The number of anilines is 1. The van der Waals surface area contributed by atoms with Crippen LogP contribution in [0.5, 0.6) is 0 Å². The Morgan fingerprint density at radius 1 is 1.39 bits per heavy atom. The van der Waals surface area contributed by atoms with Crippen molar-refractivity contribution in [3.8, 4) is 0 Å². The fraction of sp³-hybridized carbons (Fsp3) is 0.133. The van der Waals surface area contributed by atoms with Crippen molar-refractivity contribution in [2.24, 2.45) is 5.73 Å². The third-order valence-electron chi connectivity index (χ3n) is 3.04. The van der Waals surface area contributed by atoms with Crippen molar-refractivity contribution in [2.45, 2.75) is 13.8 Å². The molecule has 2 amide bonds. The Balaban J connectivity index is 2.01. The quantitative estimate of drug-likeness (QED) is 0.582. The average molecular weight is 349 g/mol. The lowest BCUT2D eigenvalue weighted by Gasteiger charge is -2.07. The van der Waals surface area contributed by atoms with Crippen LogP contribution in [-0.4, -0.2) is 16.9 Å². The van der Waals surface area contributed by atoms with Gasteiger partial charge in [-0.25, -0.2) is 0 Å². The molecule has 2 heterocycles. The summed E-state index contributed by atoms with van der Waals surface area (Å²) in [4.78, 5) is 24.3. The van der Waals surface area contributed by atoms with Crippen molar-refractivity contribution < 1.29 is 14.0 Å². The average Bonchev–Trinajstić information content (AvgIpc) is 3.05. The van der Waals surface area contributed by atoms with E-state index in [2.05, 4.69) is 10.6 Å². The molecule has 0 saturated heterocycles. The Labute approximate surface area is 142 Å². The molecule has 0 aliphatic carbocycles. The van der Waals surface area contributed by atoms with E-state index in [0.29, 0.717) is 16.3 Å². The van der Waals surface area contributed by atoms with Gasteiger partial charge in [0, 0.05) is 11.0 Å². The zero-order valence-electron chi connectivity index (χ0n) is 12.5. The van der Waals surface area contributed by atoms with E-state index in [1.54, 1.807) is 12.1 Å². The molecule has 6 nitrogen and oxygen atoms in total. The number of hydrogen-bond donors (Lipinski definition) is 3. The molecular weight excluding hydrogens is 334 g/mol. The molecule has 23 heavy (non-hydrogen) atoms. The van der Waals surface area contributed by atoms with Gasteiger partial charge in [-0.15, -0.1) is 11.3 Å². The minimum absolute atomic E-state index is 0.0860. The van der Waals surface area contributed by atoms with Crippen LogP contribution in [0.3, 0.4) is 0 Å². The van der Waals surface area contributed by atoms with E-state index in [1.165, 1.54) is 29.8 Å². The maximum atomic E-state index is 11.8. The van der Waals surface area contributed by atoms with Crippen LogP contribution in [0.15, 0.2) is 28.9 Å². The second-order valence-electron chi connectivity index (χ2n) is 4.64. The van der Waals surface area contributed by atoms with Crippen molar-refractivity contribution >= 4 is 51.6 Å². The number of furan rings is 1. The maximum Gasteiger partial charge on any atom is 0.251 e. The van der Waals surface area contributed by atoms with E-state index in [9.17, 15) is 9.59 Å². The summed E-state index contributed by atoms with van der Waals surface area (Å²) in [5, 5.41) is 5.94. The van der Waals surface area contributed by atoms with Gasteiger partial charge in [-0.1, -0.05) is 0 Å². The summed E-state index contributed by atoms with van der Waals surface area (Å²) >= 11 is 6.43. The van der Waals surface area contributed by atoms with Gasteiger partial charge in [0.1, 0.15) is 10.8 Å². The van der Waals surface area contributed by atoms with Crippen LogP contribution in [0.2, 0.25) is 0 Å². The molecule has 2 aromatic heterocycles. The van der Waals surface area contributed by atoms with Crippen molar-refractivity contribution in [2.75, 3.05) is 5.32 Å². The topological polar surface area (TPSA) is 97.4 Å². The minimum atomic E-state index is -0.541. The number of nitrogens with two attached hydrogens (primary N) is 1. The predicted octanol–water partition coefficient (Wildman–Crippen LogP) is 2.58. The van der Waals surface area contributed by atoms with Crippen LogP contribution in [0, 0.1) is 13.8 Å². The zero-order valence-corrected chi connectivity index (χ0v) is 14.1. The molecule has 0 bridgehead atoms. The largest absolute Gasteiger partial charge is 0.465 e. The van der Waals surface area contributed by atoms with Gasteiger partial charge in [0.2, 0.25) is 5.91 Å². The van der Waals surface area contributed by atoms with Crippen molar-refractivity contribution in [3.05, 3.63) is 46.2 Å². The van der Waals surface area contributed by atoms with Gasteiger partial charge in [-0.2, -0.15) is 0 Å². The first-order valence-electron chi connectivity index (χ1n) is 6.62. The second kappa shape index (κ2) is 7.21. The molecule has 0 aliphatic rings. The third kappa shape index (κ3) is 4.27. The van der Waals surface area contributed by atoms with Gasteiger partial charge in [0.05, 0.1) is 11.8 Å². The number of carbonyl (C=O) groups is 2. The van der Waals surface area contributed by atoms with E-state index in [4.69, 9.17) is 22.4 Å².